The summed E-state index contributed by atoms with van der Waals surface area (Å²) in [5.74, 6) is 0.605. The van der Waals surface area contributed by atoms with E-state index in [4.69, 9.17) is 4.74 Å². The number of halogens is 5. The molecule has 3 nitrogen and oxygen atoms in total. The Morgan fingerprint density at radius 1 is 1.10 bits per heavy atom. The Labute approximate surface area is 182 Å². The van der Waals surface area contributed by atoms with Crippen molar-refractivity contribution in [2.45, 2.75) is 44.1 Å². The van der Waals surface area contributed by atoms with Crippen LogP contribution >= 0.6 is 24.8 Å². The first kappa shape index (κ1) is 25.6. The predicted molar refractivity (Wildman–Crippen MR) is 114 cm³/mol. The van der Waals surface area contributed by atoms with Crippen LogP contribution in [0.1, 0.15) is 35.6 Å². The Morgan fingerprint density at radius 2 is 1.83 bits per heavy atom. The molecule has 2 aromatic carbocycles. The molecule has 2 unspecified atom stereocenters. The van der Waals surface area contributed by atoms with Gasteiger partial charge in [-0.1, -0.05) is 42.5 Å². The Hall–Kier alpha value is -1.47. The Kier molecular flexibility index (Phi) is 10.3. The first-order valence-corrected chi connectivity index (χ1v) is 9.20. The second-order valence-electron chi connectivity index (χ2n) is 6.91. The van der Waals surface area contributed by atoms with Crippen LogP contribution in [-0.2, 0) is 13.0 Å². The van der Waals surface area contributed by atoms with E-state index in [2.05, 4.69) is 22.8 Å². The van der Waals surface area contributed by atoms with Gasteiger partial charge in [-0.05, 0) is 36.6 Å². The average Bonchev–Trinajstić information content (AvgIpc) is 2.66. The maximum absolute atomic E-state index is 12.7. The molecule has 1 saturated heterocycles. The van der Waals surface area contributed by atoms with Crippen LogP contribution in [0.5, 0.6) is 5.75 Å². The van der Waals surface area contributed by atoms with Crippen LogP contribution in [0.3, 0.4) is 0 Å². The maximum atomic E-state index is 12.7. The lowest BCUT2D eigenvalue weighted by molar-refractivity contribution is -0.127. The Balaban J connectivity index is 0.00000210. The van der Waals surface area contributed by atoms with Crippen LogP contribution in [0.25, 0.3) is 0 Å². The first-order chi connectivity index (χ1) is 13.0. The lowest BCUT2D eigenvalue weighted by Gasteiger charge is -2.34. The van der Waals surface area contributed by atoms with Crippen LogP contribution in [0.15, 0.2) is 48.5 Å². The number of benzene rings is 2. The minimum Gasteiger partial charge on any atom is -0.496 e. The van der Waals surface area contributed by atoms with Gasteiger partial charge in [0.2, 0.25) is 0 Å². The molecule has 162 valence electrons. The fraction of sp³-hybridized carbons (Fsp3) is 0.429. The fourth-order valence-electron chi connectivity index (χ4n) is 3.67. The molecule has 2 aromatic rings. The molecule has 1 aliphatic heterocycles. The van der Waals surface area contributed by atoms with Crippen molar-refractivity contribution in [1.29, 1.82) is 0 Å². The van der Waals surface area contributed by atoms with Gasteiger partial charge in [0.25, 0.3) is 0 Å². The average molecular weight is 451 g/mol. The van der Waals surface area contributed by atoms with Crippen molar-refractivity contribution in [3.63, 3.8) is 0 Å². The van der Waals surface area contributed by atoms with Gasteiger partial charge < -0.3 is 15.4 Å². The van der Waals surface area contributed by atoms with E-state index in [0.29, 0.717) is 12.3 Å². The highest BCUT2D eigenvalue weighted by Crippen LogP contribution is 2.27. The third kappa shape index (κ3) is 7.37. The van der Waals surface area contributed by atoms with Gasteiger partial charge in [-0.3, -0.25) is 0 Å². The van der Waals surface area contributed by atoms with E-state index >= 15 is 0 Å². The van der Waals surface area contributed by atoms with E-state index in [1.165, 1.54) is 18.7 Å². The van der Waals surface area contributed by atoms with Crippen LogP contribution < -0.4 is 15.4 Å². The maximum Gasteiger partial charge on any atom is 0.393 e. The monoisotopic (exact) mass is 450 g/mol. The van der Waals surface area contributed by atoms with Crippen molar-refractivity contribution in [1.82, 2.24) is 10.6 Å². The molecule has 1 heterocycles. The van der Waals surface area contributed by atoms with E-state index in [1.54, 1.807) is 12.1 Å². The lowest BCUT2D eigenvalue weighted by atomic mass is 9.92. The van der Waals surface area contributed by atoms with E-state index in [-0.39, 0.29) is 42.5 Å². The molecule has 0 bridgehead atoms. The zero-order valence-corrected chi connectivity index (χ0v) is 17.8. The van der Waals surface area contributed by atoms with Gasteiger partial charge in [-0.25, -0.2) is 0 Å². The highest BCUT2D eigenvalue weighted by molar-refractivity contribution is 5.85. The number of ether oxygens (including phenoxy) is 1. The molecule has 3 rings (SSSR count). The molecule has 1 fully saturated rings. The molecule has 29 heavy (non-hydrogen) atoms. The second-order valence-corrected chi connectivity index (χ2v) is 6.91. The molecule has 0 radical (unpaired) electrons. The van der Waals surface area contributed by atoms with Crippen molar-refractivity contribution in [2.24, 2.45) is 0 Å². The molecule has 0 aromatic heterocycles. The molecule has 0 saturated carbocycles. The van der Waals surface area contributed by atoms with Crippen LogP contribution in [0, 0.1) is 0 Å². The van der Waals surface area contributed by atoms with Gasteiger partial charge >= 0.3 is 6.18 Å². The molecule has 2 atom stereocenters. The summed E-state index contributed by atoms with van der Waals surface area (Å²) in [4.78, 5) is 0. The Bertz CT molecular complexity index is 744. The number of methoxy groups -OCH3 is 1. The number of alkyl halides is 3. The first-order valence-electron chi connectivity index (χ1n) is 9.20. The molecule has 1 aliphatic rings. The summed E-state index contributed by atoms with van der Waals surface area (Å²) in [6, 6.07) is 15.3. The zero-order chi connectivity index (χ0) is 19.3. The highest BCUT2D eigenvalue weighted by Gasteiger charge is 2.28. The minimum absolute atomic E-state index is 0. The summed E-state index contributed by atoms with van der Waals surface area (Å²) in [7, 11) is 1.54. The van der Waals surface area contributed by atoms with Crippen LogP contribution in [-0.4, -0.2) is 25.9 Å². The van der Waals surface area contributed by atoms with Crippen molar-refractivity contribution in [3.05, 3.63) is 65.2 Å². The van der Waals surface area contributed by atoms with Crippen LogP contribution in [0.2, 0.25) is 0 Å². The zero-order valence-electron chi connectivity index (χ0n) is 16.2. The summed E-state index contributed by atoms with van der Waals surface area (Å²) in [6.45, 7) is 1.42. The SMILES string of the molecule is COc1ccc(CC(F)(F)F)cc1CNC1CCCNC1c1ccccc1.Cl.Cl. The molecule has 8 heteroatoms. The predicted octanol–water partition coefficient (Wildman–Crippen LogP) is 5.23. The topological polar surface area (TPSA) is 33.3 Å². The third-order valence-electron chi connectivity index (χ3n) is 4.92. The molecular weight excluding hydrogens is 424 g/mol. The standard InChI is InChI=1S/C21H25F3N2O.2ClH/c1-27-19-10-9-15(13-21(22,23)24)12-17(19)14-26-18-8-5-11-25-20(18)16-6-3-2-4-7-16;;/h2-4,6-7,9-10,12,18,20,25-26H,5,8,11,13-14H2,1H3;2*1H. The van der Waals surface area contributed by atoms with Gasteiger partial charge in [-0.2, -0.15) is 13.2 Å². The molecule has 0 amide bonds. The van der Waals surface area contributed by atoms with E-state index < -0.39 is 12.6 Å². The van der Waals surface area contributed by atoms with Crippen molar-refractivity contribution in [3.8, 4) is 5.75 Å². The van der Waals surface area contributed by atoms with Gasteiger partial charge in [0.15, 0.2) is 0 Å². The highest BCUT2D eigenvalue weighted by atomic mass is 35.5. The smallest absolute Gasteiger partial charge is 0.393 e. The summed E-state index contributed by atoms with van der Waals surface area (Å²) < 4.78 is 43.5. The lowest BCUT2D eigenvalue weighted by Crippen LogP contribution is -2.45. The van der Waals surface area contributed by atoms with Crippen molar-refractivity contribution < 1.29 is 17.9 Å². The largest absolute Gasteiger partial charge is 0.496 e. The number of piperidine rings is 1. The van der Waals surface area contributed by atoms with Gasteiger partial charge in [0, 0.05) is 24.2 Å². The molecular formula is C21H27Cl2F3N2O. The fourth-order valence-corrected chi connectivity index (χ4v) is 3.67. The van der Waals surface area contributed by atoms with Crippen LogP contribution in [0.4, 0.5) is 13.2 Å². The van der Waals surface area contributed by atoms with Crippen molar-refractivity contribution in [2.75, 3.05) is 13.7 Å². The minimum atomic E-state index is -4.22. The number of hydrogen-bond acceptors (Lipinski definition) is 3. The molecule has 2 N–H and O–H groups in total. The van der Waals surface area contributed by atoms with Gasteiger partial charge in [0.1, 0.15) is 5.75 Å². The number of rotatable bonds is 6. The van der Waals surface area contributed by atoms with E-state index in [9.17, 15) is 13.2 Å². The summed E-state index contributed by atoms with van der Waals surface area (Å²) >= 11 is 0. The number of hydrogen-bond donors (Lipinski definition) is 2. The molecule has 0 spiro atoms. The van der Waals surface area contributed by atoms with Gasteiger partial charge in [0.05, 0.1) is 13.5 Å². The summed E-state index contributed by atoms with van der Waals surface area (Å²) in [5, 5.41) is 7.08. The molecule has 0 aliphatic carbocycles. The summed E-state index contributed by atoms with van der Waals surface area (Å²) in [6.07, 6.45) is -3.07. The summed E-state index contributed by atoms with van der Waals surface area (Å²) in [5.41, 5.74) is 2.21. The number of nitrogens with one attached hydrogen (secondary N) is 2. The van der Waals surface area contributed by atoms with Gasteiger partial charge in [-0.15, -0.1) is 24.8 Å². The normalized spacial score (nSPS) is 19.0. The third-order valence-corrected chi connectivity index (χ3v) is 4.92. The second kappa shape index (κ2) is 11.6. The van der Waals surface area contributed by atoms with Crippen molar-refractivity contribution >= 4 is 24.8 Å². The van der Waals surface area contributed by atoms with E-state index in [1.807, 2.05) is 18.2 Å². The van der Waals surface area contributed by atoms with E-state index in [0.717, 1.165) is 24.9 Å². The Morgan fingerprint density at radius 3 is 2.48 bits per heavy atom. The quantitative estimate of drug-likeness (QED) is 0.632.